The van der Waals surface area contributed by atoms with Crippen molar-refractivity contribution in [3.63, 3.8) is 0 Å². The van der Waals surface area contributed by atoms with E-state index in [1.165, 1.54) is 0 Å². The minimum absolute atomic E-state index is 0.158. The number of pyridine rings is 1. The van der Waals surface area contributed by atoms with Crippen LogP contribution in [0.3, 0.4) is 0 Å². The van der Waals surface area contributed by atoms with E-state index in [9.17, 15) is 9.90 Å². The molecule has 0 aliphatic carbocycles. The topological polar surface area (TPSA) is 101 Å². The van der Waals surface area contributed by atoms with Crippen LogP contribution in [0.4, 0.5) is 0 Å². The van der Waals surface area contributed by atoms with E-state index >= 15 is 0 Å². The van der Waals surface area contributed by atoms with E-state index in [0.717, 1.165) is 5.56 Å². The van der Waals surface area contributed by atoms with Crippen LogP contribution < -0.4 is 5.32 Å². The quantitative estimate of drug-likeness (QED) is 0.838. The molecule has 1 atom stereocenters. The largest absolute Gasteiger partial charge is 0.391 e. The molecule has 0 saturated heterocycles. The maximum atomic E-state index is 11.8. The van der Waals surface area contributed by atoms with Gasteiger partial charge in [0, 0.05) is 37.3 Å². The Hall–Kier alpha value is -2.28. The molecule has 0 aliphatic rings. The van der Waals surface area contributed by atoms with Crippen LogP contribution in [0.2, 0.25) is 0 Å². The summed E-state index contributed by atoms with van der Waals surface area (Å²) in [5, 5.41) is 16.5. The fraction of sp³-hybridized carbons (Fsp3) is 0.500. The molecule has 1 amide bonds. The molecular formula is C16H22N4O3. The third-order valence-electron chi connectivity index (χ3n) is 3.45. The molecule has 2 aromatic rings. The number of nitrogens with one attached hydrogen (secondary N) is 1. The normalized spacial score (nSPS) is 12.9. The highest BCUT2D eigenvalue weighted by molar-refractivity contribution is 5.76. The van der Waals surface area contributed by atoms with Gasteiger partial charge in [-0.2, -0.15) is 4.98 Å². The lowest BCUT2D eigenvalue weighted by Gasteiger charge is -2.25. The van der Waals surface area contributed by atoms with Gasteiger partial charge >= 0.3 is 0 Å². The molecule has 2 heterocycles. The molecule has 2 aromatic heterocycles. The Labute approximate surface area is 135 Å². The molecule has 2 rings (SSSR count). The van der Waals surface area contributed by atoms with Crippen LogP contribution in [-0.2, 0) is 11.2 Å². The van der Waals surface area contributed by atoms with Crippen molar-refractivity contribution < 1.29 is 14.4 Å². The van der Waals surface area contributed by atoms with Crippen molar-refractivity contribution in [1.82, 2.24) is 20.4 Å². The maximum absolute atomic E-state index is 11.8. The number of aliphatic hydroxyl groups is 1. The molecule has 23 heavy (non-hydrogen) atoms. The van der Waals surface area contributed by atoms with Crippen molar-refractivity contribution in [2.24, 2.45) is 5.41 Å². The van der Waals surface area contributed by atoms with Crippen LogP contribution in [0.25, 0.3) is 11.4 Å². The third kappa shape index (κ3) is 5.14. The molecule has 7 heteroatoms. The molecule has 0 radical (unpaired) electrons. The number of carbonyl (C=O) groups excluding carboxylic acids is 1. The minimum Gasteiger partial charge on any atom is -0.391 e. The first-order chi connectivity index (χ1) is 10.9. The van der Waals surface area contributed by atoms with E-state index in [0.29, 0.717) is 18.1 Å². The second-order valence-corrected chi connectivity index (χ2v) is 6.44. The van der Waals surface area contributed by atoms with Crippen LogP contribution in [0.15, 0.2) is 29.0 Å². The van der Waals surface area contributed by atoms with E-state index in [-0.39, 0.29) is 24.3 Å². The fourth-order valence-electron chi connectivity index (χ4n) is 1.79. The number of amides is 1. The summed E-state index contributed by atoms with van der Waals surface area (Å²) in [4.78, 5) is 20.0. The van der Waals surface area contributed by atoms with Crippen molar-refractivity contribution in [1.29, 1.82) is 0 Å². The number of nitrogens with zero attached hydrogens (tertiary/aromatic N) is 3. The summed E-state index contributed by atoms with van der Waals surface area (Å²) >= 11 is 0. The zero-order chi connectivity index (χ0) is 16.9. The van der Waals surface area contributed by atoms with E-state index in [2.05, 4.69) is 20.4 Å². The van der Waals surface area contributed by atoms with E-state index < -0.39 is 6.10 Å². The minimum atomic E-state index is -0.591. The first-order valence-electron chi connectivity index (χ1n) is 7.54. The summed E-state index contributed by atoms with van der Waals surface area (Å²) < 4.78 is 5.13. The van der Waals surface area contributed by atoms with Crippen LogP contribution in [-0.4, -0.2) is 38.8 Å². The molecular weight excluding hydrogens is 296 g/mol. The summed E-state index contributed by atoms with van der Waals surface area (Å²) in [6.07, 6.45) is 3.30. The second kappa shape index (κ2) is 7.32. The highest BCUT2D eigenvalue weighted by Crippen LogP contribution is 2.18. The average Bonchev–Trinajstić information content (AvgIpc) is 2.99. The number of aromatic nitrogens is 3. The Bertz CT molecular complexity index is 634. The predicted molar refractivity (Wildman–Crippen MR) is 84.3 cm³/mol. The SMILES string of the molecule is CC(C)(C)C(O)CNC(=O)CCc1nc(-c2cccnc2)no1. The Morgan fingerprint density at radius 3 is 2.87 bits per heavy atom. The molecule has 0 saturated carbocycles. The second-order valence-electron chi connectivity index (χ2n) is 6.44. The average molecular weight is 318 g/mol. The van der Waals surface area contributed by atoms with Crippen LogP contribution in [0, 0.1) is 5.41 Å². The number of hydrogen-bond acceptors (Lipinski definition) is 6. The first kappa shape index (κ1) is 17.1. The molecule has 0 aliphatic heterocycles. The molecule has 2 N–H and O–H groups in total. The zero-order valence-corrected chi connectivity index (χ0v) is 13.6. The predicted octanol–water partition coefficient (Wildman–Crippen LogP) is 1.59. The van der Waals surface area contributed by atoms with Gasteiger partial charge in [0.2, 0.25) is 17.6 Å². The van der Waals surface area contributed by atoms with Crippen LogP contribution in [0.1, 0.15) is 33.1 Å². The standard InChI is InChI=1S/C16H22N4O3/c1-16(2,3)12(21)10-18-13(22)6-7-14-19-15(20-23-14)11-5-4-8-17-9-11/h4-5,8-9,12,21H,6-7,10H2,1-3H3,(H,18,22). The Balaban J connectivity index is 1.80. The van der Waals surface area contributed by atoms with Gasteiger partial charge in [-0.3, -0.25) is 9.78 Å². The molecule has 124 valence electrons. The Morgan fingerprint density at radius 1 is 1.43 bits per heavy atom. The van der Waals surface area contributed by atoms with Crippen LogP contribution >= 0.6 is 0 Å². The summed E-state index contributed by atoms with van der Waals surface area (Å²) in [5.41, 5.74) is 0.499. The van der Waals surface area contributed by atoms with Gasteiger partial charge in [0.1, 0.15) is 0 Å². The van der Waals surface area contributed by atoms with Crippen molar-refractivity contribution in [3.05, 3.63) is 30.4 Å². The van der Waals surface area contributed by atoms with Crippen molar-refractivity contribution in [2.75, 3.05) is 6.54 Å². The van der Waals surface area contributed by atoms with Gasteiger partial charge in [-0.25, -0.2) is 0 Å². The molecule has 0 fully saturated rings. The van der Waals surface area contributed by atoms with E-state index in [1.54, 1.807) is 18.5 Å². The van der Waals surface area contributed by atoms with Gasteiger partial charge in [-0.15, -0.1) is 0 Å². The van der Waals surface area contributed by atoms with Gasteiger partial charge in [-0.1, -0.05) is 25.9 Å². The Morgan fingerprint density at radius 2 is 2.22 bits per heavy atom. The van der Waals surface area contributed by atoms with Gasteiger partial charge in [0.05, 0.1) is 6.10 Å². The lowest BCUT2D eigenvalue weighted by Crippen LogP contribution is -2.39. The fourth-order valence-corrected chi connectivity index (χ4v) is 1.79. The lowest BCUT2D eigenvalue weighted by molar-refractivity contribution is -0.121. The number of aryl methyl sites for hydroxylation is 1. The summed E-state index contributed by atoms with van der Waals surface area (Å²) in [5.74, 6) is 0.696. The number of aliphatic hydroxyl groups excluding tert-OH is 1. The highest BCUT2D eigenvalue weighted by Gasteiger charge is 2.22. The summed E-state index contributed by atoms with van der Waals surface area (Å²) in [7, 11) is 0. The molecule has 0 spiro atoms. The molecule has 7 nitrogen and oxygen atoms in total. The van der Waals surface area contributed by atoms with E-state index in [1.807, 2.05) is 26.8 Å². The lowest BCUT2D eigenvalue weighted by atomic mass is 9.89. The molecule has 0 bridgehead atoms. The number of rotatable bonds is 6. The third-order valence-corrected chi connectivity index (χ3v) is 3.45. The van der Waals surface area contributed by atoms with Gasteiger partial charge in [-0.05, 0) is 17.5 Å². The van der Waals surface area contributed by atoms with Crippen molar-refractivity contribution >= 4 is 5.91 Å². The van der Waals surface area contributed by atoms with E-state index in [4.69, 9.17) is 4.52 Å². The smallest absolute Gasteiger partial charge is 0.227 e. The van der Waals surface area contributed by atoms with Gasteiger partial charge in [0.15, 0.2) is 0 Å². The monoisotopic (exact) mass is 318 g/mol. The van der Waals surface area contributed by atoms with Crippen LogP contribution in [0.5, 0.6) is 0 Å². The van der Waals surface area contributed by atoms with Crippen molar-refractivity contribution in [3.8, 4) is 11.4 Å². The zero-order valence-electron chi connectivity index (χ0n) is 13.6. The van der Waals surface area contributed by atoms with Crippen molar-refractivity contribution in [2.45, 2.75) is 39.7 Å². The molecule has 1 unspecified atom stereocenters. The maximum Gasteiger partial charge on any atom is 0.227 e. The summed E-state index contributed by atoms with van der Waals surface area (Å²) in [6.45, 7) is 5.99. The van der Waals surface area contributed by atoms with Gasteiger partial charge in [0.25, 0.3) is 0 Å². The number of carbonyl (C=O) groups is 1. The Kier molecular flexibility index (Phi) is 5.44. The summed E-state index contributed by atoms with van der Waals surface area (Å²) in [6, 6.07) is 3.63. The highest BCUT2D eigenvalue weighted by atomic mass is 16.5. The van der Waals surface area contributed by atoms with Gasteiger partial charge < -0.3 is 14.9 Å². The molecule has 0 aromatic carbocycles. The first-order valence-corrected chi connectivity index (χ1v) is 7.54. The number of hydrogen-bond donors (Lipinski definition) is 2.